The Kier molecular flexibility index (Phi) is 6.50. The molecule has 0 unspecified atom stereocenters. The molecule has 2 amide bonds. The third kappa shape index (κ3) is 5.30. The third-order valence-electron chi connectivity index (χ3n) is 3.15. The van der Waals surface area contributed by atoms with Gasteiger partial charge < -0.3 is 10.6 Å². The van der Waals surface area contributed by atoms with Gasteiger partial charge in [0.1, 0.15) is 0 Å². The summed E-state index contributed by atoms with van der Waals surface area (Å²) in [5.41, 5.74) is 1.14. The number of amides is 2. The van der Waals surface area contributed by atoms with Crippen LogP contribution in [-0.2, 0) is 0 Å². The van der Waals surface area contributed by atoms with Crippen LogP contribution in [0.15, 0.2) is 53.4 Å². The number of thioether (sulfide) groups is 1. The third-order valence-corrected chi connectivity index (χ3v) is 4.15. The number of nitrogens with one attached hydrogen (secondary N) is 2. The highest BCUT2D eigenvalue weighted by molar-refractivity contribution is 7.98. The molecule has 0 heterocycles. The Bertz CT molecular complexity index is 672. The second kappa shape index (κ2) is 8.60. The number of carbonyl (C=O) groups excluding carboxylic acids is 2. The Balaban J connectivity index is 1.75. The summed E-state index contributed by atoms with van der Waals surface area (Å²) in [5, 5.41) is 6.10. The molecule has 2 N–H and O–H groups in total. The predicted molar refractivity (Wildman–Crippen MR) is 94.3 cm³/mol. The van der Waals surface area contributed by atoms with Crippen LogP contribution in [0.25, 0.3) is 0 Å². The molecule has 0 atom stereocenters. The van der Waals surface area contributed by atoms with Gasteiger partial charge in [0, 0.05) is 34.1 Å². The second-order valence-electron chi connectivity index (χ2n) is 4.75. The van der Waals surface area contributed by atoms with Crippen molar-refractivity contribution >= 4 is 35.2 Å². The summed E-state index contributed by atoms with van der Waals surface area (Å²) in [6, 6.07) is 14.0. The average Bonchev–Trinajstić information content (AvgIpc) is 2.59. The average molecular weight is 349 g/mol. The van der Waals surface area contributed by atoms with Crippen molar-refractivity contribution in [3.63, 3.8) is 0 Å². The van der Waals surface area contributed by atoms with Crippen molar-refractivity contribution in [2.75, 3.05) is 19.3 Å². The zero-order chi connectivity index (χ0) is 16.7. The Labute approximate surface area is 144 Å². The number of hydrogen-bond donors (Lipinski definition) is 2. The van der Waals surface area contributed by atoms with Crippen molar-refractivity contribution in [3.8, 4) is 0 Å². The lowest BCUT2D eigenvalue weighted by Crippen LogP contribution is -2.34. The van der Waals surface area contributed by atoms with Gasteiger partial charge in [0.05, 0.1) is 0 Å². The van der Waals surface area contributed by atoms with Gasteiger partial charge >= 0.3 is 0 Å². The summed E-state index contributed by atoms with van der Waals surface area (Å²) in [7, 11) is 0. The fourth-order valence-electron chi connectivity index (χ4n) is 1.90. The van der Waals surface area contributed by atoms with Gasteiger partial charge in [-0.1, -0.05) is 11.6 Å². The minimum atomic E-state index is -0.194. The molecular weight excluding hydrogens is 332 g/mol. The second-order valence-corrected chi connectivity index (χ2v) is 6.06. The molecule has 2 aromatic carbocycles. The van der Waals surface area contributed by atoms with E-state index in [-0.39, 0.29) is 11.8 Å². The first kappa shape index (κ1) is 17.4. The van der Waals surface area contributed by atoms with Gasteiger partial charge in [0.25, 0.3) is 11.8 Å². The summed E-state index contributed by atoms with van der Waals surface area (Å²) in [4.78, 5) is 24.9. The lowest BCUT2D eigenvalue weighted by atomic mass is 10.2. The normalized spacial score (nSPS) is 10.2. The van der Waals surface area contributed by atoms with Crippen molar-refractivity contribution in [3.05, 3.63) is 64.7 Å². The highest BCUT2D eigenvalue weighted by Gasteiger charge is 2.06. The van der Waals surface area contributed by atoms with E-state index in [2.05, 4.69) is 10.6 Å². The van der Waals surface area contributed by atoms with Crippen LogP contribution in [0.4, 0.5) is 0 Å². The lowest BCUT2D eigenvalue weighted by molar-refractivity contribution is 0.0927. The molecule has 2 aromatic rings. The largest absolute Gasteiger partial charge is 0.350 e. The molecule has 0 bridgehead atoms. The number of rotatable bonds is 6. The Morgan fingerprint density at radius 1 is 0.870 bits per heavy atom. The van der Waals surface area contributed by atoms with Gasteiger partial charge in [0.15, 0.2) is 0 Å². The molecule has 0 aliphatic rings. The van der Waals surface area contributed by atoms with Gasteiger partial charge in [-0.3, -0.25) is 9.59 Å². The molecule has 0 aromatic heterocycles. The minimum absolute atomic E-state index is 0.154. The Morgan fingerprint density at radius 2 is 1.30 bits per heavy atom. The van der Waals surface area contributed by atoms with Crippen molar-refractivity contribution in [1.29, 1.82) is 0 Å². The quantitative estimate of drug-likeness (QED) is 0.622. The highest BCUT2D eigenvalue weighted by Crippen LogP contribution is 2.14. The molecule has 2 rings (SSSR count). The zero-order valence-electron chi connectivity index (χ0n) is 12.6. The fraction of sp³-hybridized carbons (Fsp3) is 0.176. The van der Waals surface area contributed by atoms with Crippen LogP contribution in [0.3, 0.4) is 0 Å². The van der Waals surface area contributed by atoms with E-state index in [1.807, 2.05) is 18.4 Å². The number of carbonyl (C=O) groups is 2. The van der Waals surface area contributed by atoms with Crippen LogP contribution >= 0.6 is 23.4 Å². The summed E-state index contributed by atoms with van der Waals surface area (Å²) in [6.45, 7) is 0.721. The van der Waals surface area contributed by atoms with Gasteiger partial charge in [-0.15, -0.1) is 11.8 Å². The number of benzene rings is 2. The predicted octanol–water partition coefficient (Wildman–Crippen LogP) is 3.22. The summed E-state index contributed by atoms with van der Waals surface area (Å²) in [5.74, 6) is -0.348. The first-order chi connectivity index (χ1) is 11.1. The Hall–Kier alpha value is -1.98. The van der Waals surface area contributed by atoms with Crippen molar-refractivity contribution in [2.45, 2.75) is 4.90 Å². The maximum Gasteiger partial charge on any atom is 0.251 e. The molecule has 0 saturated heterocycles. The van der Waals surface area contributed by atoms with Gasteiger partial charge in [-0.2, -0.15) is 0 Å². The van der Waals surface area contributed by atoms with Crippen LogP contribution in [0.2, 0.25) is 5.02 Å². The summed E-state index contributed by atoms with van der Waals surface area (Å²) in [6.07, 6.45) is 1.98. The minimum Gasteiger partial charge on any atom is -0.350 e. The molecule has 120 valence electrons. The van der Waals surface area contributed by atoms with E-state index in [1.54, 1.807) is 48.2 Å². The van der Waals surface area contributed by atoms with E-state index in [0.717, 1.165) is 4.90 Å². The van der Waals surface area contributed by atoms with Crippen molar-refractivity contribution in [2.24, 2.45) is 0 Å². The van der Waals surface area contributed by atoms with Gasteiger partial charge in [-0.25, -0.2) is 0 Å². The number of hydrogen-bond acceptors (Lipinski definition) is 3. The van der Waals surface area contributed by atoms with Crippen LogP contribution in [0.5, 0.6) is 0 Å². The van der Waals surface area contributed by atoms with E-state index in [4.69, 9.17) is 11.6 Å². The first-order valence-corrected chi connectivity index (χ1v) is 8.66. The lowest BCUT2D eigenvalue weighted by Gasteiger charge is -2.08. The molecule has 6 heteroatoms. The topological polar surface area (TPSA) is 58.2 Å². The van der Waals surface area contributed by atoms with Crippen LogP contribution in [0.1, 0.15) is 20.7 Å². The molecule has 0 aliphatic carbocycles. The SMILES string of the molecule is CSc1ccc(C(=O)NCCNC(=O)c2ccc(Cl)cc2)cc1. The van der Waals surface area contributed by atoms with E-state index in [9.17, 15) is 9.59 Å². The molecule has 0 radical (unpaired) electrons. The molecule has 0 aliphatic heterocycles. The smallest absolute Gasteiger partial charge is 0.251 e. The van der Waals surface area contributed by atoms with Crippen LogP contribution in [0, 0.1) is 0 Å². The maximum absolute atomic E-state index is 12.0. The highest BCUT2D eigenvalue weighted by atomic mass is 35.5. The fourth-order valence-corrected chi connectivity index (χ4v) is 2.43. The zero-order valence-corrected chi connectivity index (χ0v) is 14.2. The first-order valence-electron chi connectivity index (χ1n) is 7.06. The maximum atomic E-state index is 12.0. The summed E-state index contributed by atoms with van der Waals surface area (Å²) >= 11 is 7.40. The standard InChI is InChI=1S/C17H17ClN2O2S/c1-23-15-8-4-13(5-9-15)17(22)20-11-10-19-16(21)12-2-6-14(18)7-3-12/h2-9H,10-11H2,1H3,(H,19,21)(H,20,22). The molecule has 23 heavy (non-hydrogen) atoms. The van der Waals surface area contributed by atoms with Gasteiger partial charge in [0.2, 0.25) is 0 Å². The van der Waals surface area contributed by atoms with Crippen molar-refractivity contribution in [1.82, 2.24) is 10.6 Å². The van der Waals surface area contributed by atoms with Crippen molar-refractivity contribution < 1.29 is 9.59 Å². The molecule has 4 nitrogen and oxygen atoms in total. The Morgan fingerprint density at radius 3 is 1.74 bits per heavy atom. The molecule has 0 spiro atoms. The van der Waals surface area contributed by atoms with Crippen LogP contribution in [-0.4, -0.2) is 31.2 Å². The number of halogens is 1. The molecular formula is C17H17ClN2O2S. The van der Waals surface area contributed by atoms with E-state index in [1.165, 1.54) is 0 Å². The summed E-state index contributed by atoms with van der Waals surface area (Å²) < 4.78 is 0. The molecule has 0 saturated carbocycles. The van der Waals surface area contributed by atoms with Crippen LogP contribution < -0.4 is 10.6 Å². The van der Waals surface area contributed by atoms with E-state index >= 15 is 0 Å². The monoisotopic (exact) mass is 348 g/mol. The molecule has 0 fully saturated rings. The van der Waals surface area contributed by atoms with Gasteiger partial charge in [-0.05, 0) is 54.8 Å². The van der Waals surface area contributed by atoms with E-state index < -0.39 is 0 Å². The van der Waals surface area contributed by atoms with E-state index in [0.29, 0.717) is 29.2 Å².